The summed E-state index contributed by atoms with van der Waals surface area (Å²) in [6, 6.07) is 15.7. The molecule has 21 heavy (non-hydrogen) atoms. The maximum Gasteiger partial charge on any atom is 0.146 e. The van der Waals surface area contributed by atoms with Gasteiger partial charge in [0, 0.05) is 5.39 Å². The molecule has 0 atom stereocenters. The Bertz CT molecular complexity index is 776. The van der Waals surface area contributed by atoms with Crippen LogP contribution in [0, 0.1) is 5.82 Å². The van der Waals surface area contributed by atoms with E-state index in [4.69, 9.17) is 10.6 Å². The van der Waals surface area contributed by atoms with Crippen LogP contribution < -0.4 is 16.0 Å². The third-order valence-corrected chi connectivity index (χ3v) is 3.11. The first-order valence-corrected chi connectivity index (χ1v) is 6.50. The number of nitrogens with two attached hydrogens (primary N) is 1. The normalized spacial score (nSPS) is 10.6. The number of nitrogens with one attached hydrogen (secondary N) is 1. The molecule has 0 saturated heterocycles. The number of anilines is 1. The van der Waals surface area contributed by atoms with E-state index in [-0.39, 0.29) is 12.4 Å². The highest BCUT2D eigenvalue weighted by Crippen LogP contribution is 2.25. The quantitative estimate of drug-likeness (QED) is 0.570. The highest BCUT2D eigenvalue weighted by Gasteiger charge is 2.05. The van der Waals surface area contributed by atoms with E-state index in [0.717, 1.165) is 10.9 Å². The molecule has 3 N–H and O–H groups in total. The zero-order valence-electron chi connectivity index (χ0n) is 11.2. The second-order valence-corrected chi connectivity index (χ2v) is 4.59. The molecule has 0 fully saturated rings. The second kappa shape index (κ2) is 5.76. The van der Waals surface area contributed by atoms with Gasteiger partial charge >= 0.3 is 0 Å². The van der Waals surface area contributed by atoms with Crippen molar-refractivity contribution in [1.29, 1.82) is 0 Å². The van der Waals surface area contributed by atoms with Crippen LogP contribution >= 0.6 is 0 Å². The lowest BCUT2D eigenvalue weighted by Gasteiger charge is -2.10. The summed E-state index contributed by atoms with van der Waals surface area (Å²) in [7, 11) is 0. The van der Waals surface area contributed by atoms with Gasteiger partial charge in [-0.25, -0.2) is 15.2 Å². The van der Waals surface area contributed by atoms with Gasteiger partial charge in [0.15, 0.2) is 0 Å². The number of nitrogens with zero attached hydrogens (tertiary/aromatic N) is 1. The summed E-state index contributed by atoms with van der Waals surface area (Å²) in [5.74, 6) is 6.29. The first kappa shape index (κ1) is 13.3. The fourth-order valence-electron chi connectivity index (χ4n) is 2.10. The summed E-state index contributed by atoms with van der Waals surface area (Å²) in [5.41, 5.74) is 3.99. The number of hydrazine groups is 1. The molecule has 3 aromatic rings. The number of nitrogen functional groups attached to an aromatic ring is 1. The van der Waals surface area contributed by atoms with Crippen LogP contribution in [0.15, 0.2) is 54.6 Å². The van der Waals surface area contributed by atoms with Crippen molar-refractivity contribution in [1.82, 2.24) is 4.98 Å². The van der Waals surface area contributed by atoms with Crippen molar-refractivity contribution in [3.05, 3.63) is 66.0 Å². The molecular formula is C16H14FN3O. The summed E-state index contributed by atoms with van der Waals surface area (Å²) >= 11 is 0. The number of hydrogen-bond donors (Lipinski definition) is 2. The predicted octanol–water partition coefficient (Wildman–Crippen LogP) is 3.24. The lowest BCUT2D eigenvalue weighted by molar-refractivity contribution is 0.309. The molecule has 0 aliphatic carbocycles. The number of fused-ring (bicyclic) bond motifs is 1. The summed E-state index contributed by atoms with van der Waals surface area (Å²) in [6.07, 6.45) is 0. The van der Waals surface area contributed by atoms with Crippen LogP contribution in [0.4, 0.5) is 10.2 Å². The lowest BCUT2D eigenvalue weighted by Crippen LogP contribution is -2.08. The molecule has 0 unspecified atom stereocenters. The monoisotopic (exact) mass is 283 g/mol. The third kappa shape index (κ3) is 2.93. The second-order valence-electron chi connectivity index (χ2n) is 4.59. The standard InChI is InChI=1S/C16H14FN3O/c17-13-5-1-3-11(9-13)10-21-14-6-2-4-12-7-8-15(20-18)19-16(12)14/h1-9H,10,18H2,(H,19,20). The van der Waals surface area contributed by atoms with Gasteiger partial charge < -0.3 is 10.2 Å². The predicted molar refractivity (Wildman–Crippen MR) is 80.3 cm³/mol. The fraction of sp³-hybridized carbons (Fsp3) is 0.0625. The van der Waals surface area contributed by atoms with E-state index >= 15 is 0 Å². The molecule has 5 heteroatoms. The Balaban J connectivity index is 1.89. The van der Waals surface area contributed by atoms with Gasteiger partial charge in [-0.05, 0) is 35.9 Å². The molecule has 2 aromatic carbocycles. The van der Waals surface area contributed by atoms with Gasteiger partial charge in [0.2, 0.25) is 0 Å². The van der Waals surface area contributed by atoms with E-state index in [1.165, 1.54) is 12.1 Å². The summed E-state index contributed by atoms with van der Waals surface area (Å²) in [5, 5.41) is 0.950. The average molecular weight is 283 g/mol. The Morgan fingerprint density at radius 2 is 1.95 bits per heavy atom. The first-order chi connectivity index (χ1) is 10.3. The number of benzene rings is 2. The van der Waals surface area contributed by atoms with Gasteiger partial charge in [0.05, 0.1) is 0 Å². The smallest absolute Gasteiger partial charge is 0.146 e. The van der Waals surface area contributed by atoms with E-state index in [0.29, 0.717) is 17.1 Å². The Hall–Kier alpha value is -2.66. The maximum atomic E-state index is 13.2. The molecule has 4 nitrogen and oxygen atoms in total. The molecule has 0 saturated carbocycles. The summed E-state index contributed by atoms with van der Waals surface area (Å²) < 4.78 is 18.9. The van der Waals surface area contributed by atoms with Crippen molar-refractivity contribution >= 4 is 16.7 Å². The van der Waals surface area contributed by atoms with Crippen molar-refractivity contribution in [3.8, 4) is 5.75 Å². The van der Waals surface area contributed by atoms with Gasteiger partial charge in [-0.3, -0.25) is 0 Å². The van der Waals surface area contributed by atoms with Crippen molar-refractivity contribution < 1.29 is 9.13 Å². The van der Waals surface area contributed by atoms with Crippen LogP contribution in [0.2, 0.25) is 0 Å². The molecule has 1 heterocycles. The van der Waals surface area contributed by atoms with E-state index < -0.39 is 0 Å². The molecule has 106 valence electrons. The van der Waals surface area contributed by atoms with Crippen LogP contribution in [0.5, 0.6) is 5.75 Å². The van der Waals surface area contributed by atoms with Gasteiger partial charge in [-0.15, -0.1) is 0 Å². The zero-order valence-corrected chi connectivity index (χ0v) is 11.2. The van der Waals surface area contributed by atoms with Crippen molar-refractivity contribution in [3.63, 3.8) is 0 Å². The number of aromatic nitrogens is 1. The van der Waals surface area contributed by atoms with E-state index in [1.54, 1.807) is 12.1 Å². The number of ether oxygens (including phenoxy) is 1. The minimum absolute atomic E-state index is 0.276. The molecule has 3 rings (SSSR count). The van der Waals surface area contributed by atoms with Crippen molar-refractivity contribution in [2.45, 2.75) is 6.61 Å². The summed E-state index contributed by atoms with van der Waals surface area (Å²) in [6.45, 7) is 0.277. The Labute approximate surface area is 121 Å². The molecule has 0 spiro atoms. The molecule has 0 aliphatic heterocycles. The largest absolute Gasteiger partial charge is 0.487 e. The maximum absolute atomic E-state index is 13.2. The SMILES string of the molecule is NNc1ccc2cccc(OCc3cccc(F)c3)c2n1. The minimum Gasteiger partial charge on any atom is -0.487 e. The molecule has 0 bridgehead atoms. The highest BCUT2D eigenvalue weighted by molar-refractivity contribution is 5.85. The van der Waals surface area contributed by atoms with E-state index in [1.807, 2.05) is 30.3 Å². The van der Waals surface area contributed by atoms with Crippen LogP contribution in [0.3, 0.4) is 0 Å². The lowest BCUT2D eigenvalue weighted by atomic mass is 10.2. The zero-order chi connectivity index (χ0) is 14.7. The fourth-order valence-corrected chi connectivity index (χ4v) is 2.10. The number of para-hydroxylation sites is 1. The molecule has 0 amide bonds. The molecule has 0 radical (unpaired) electrons. The van der Waals surface area contributed by atoms with Crippen LogP contribution in [0.1, 0.15) is 5.56 Å². The number of pyridine rings is 1. The molecular weight excluding hydrogens is 269 g/mol. The van der Waals surface area contributed by atoms with Gasteiger partial charge in [-0.2, -0.15) is 0 Å². The Kier molecular flexibility index (Phi) is 3.66. The van der Waals surface area contributed by atoms with Crippen LogP contribution in [-0.4, -0.2) is 4.98 Å². The van der Waals surface area contributed by atoms with E-state index in [9.17, 15) is 4.39 Å². The van der Waals surface area contributed by atoms with Crippen LogP contribution in [-0.2, 0) is 6.61 Å². The van der Waals surface area contributed by atoms with Crippen molar-refractivity contribution in [2.24, 2.45) is 5.84 Å². The van der Waals surface area contributed by atoms with Crippen molar-refractivity contribution in [2.75, 3.05) is 5.43 Å². The Morgan fingerprint density at radius 3 is 2.76 bits per heavy atom. The number of halogens is 1. The highest BCUT2D eigenvalue weighted by atomic mass is 19.1. The van der Waals surface area contributed by atoms with Crippen LogP contribution in [0.25, 0.3) is 10.9 Å². The number of rotatable bonds is 4. The average Bonchev–Trinajstić information content (AvgIpc) is 2.52. The summed E-state index contributed by atoms with van der Waals surface area (Å²) in [4.78, 5) is 4.39. The molecule has 1 aromatic heterocycles. The molecule has 0 aliphatic rings. The van der Waals surface area contributed by atoms with Gasteiger partial charge in [0.25, 0.3) is 0 Å². The van der Waals surface area contributed by atoms with E-state index in [2.05, 4.69) is 10.4 Å². The topological polar surface area (TPSA) is 60.2 Å². The third-order valence-electron chi connectivity index (χ3n) is 3.11. The minimum atomic E-state index is -0.276. The van der Waals surface area contributed by atoms with Gasteiger partial charge in [0.1, 0.15) is 29.5 Å². The first-order valence-electron chi connectivity index (χ1n) is 6.50. The van der Waals surface area contributed by atoms with Gasteiger partial charge in [-0.1, -0.05) is 24.3 Å². The number of hydrogen-bond acceptors (Lipinski definition) is 4. The Morgan fingerprint density at radius 1 is 1.10 bits per heavy atom.